The molecular weight excluding hydrogens is 260 g/mol. The summed E-state index contributed by atoms with van der Waals surface area (Å²) in [7, 11) is 0. The Hall–Kier alpha value is -1.98. The van der Waals surface area contributed by atoms with Gasteiger partial charge in [0.2, 0.25) is 5.91 Å². The van der Waals surface area contributed by atoms with Gasteiger partial charge in [-0.2, -0.15) is 0 Å². The van der Waals surface area contributed by atoms with Crippen molar-refractivity contribution in [2.24, 2.45) is 5.73 Å². The fraction of sp³-hybridized carbons (Fsp3) is 0.143. The Morgan fingerprint density at radius 3 is 2.68 bits per heavy atom. The number of rotatable bonds is 4. The summed E-state index contributed by atoms with van der Waals surface area (Å²) in [5.74, 6) is -0.332. The molecule has 1 unspecified atom stereocenters. The molecule has 2 aromatic rings. The number of Topliss-reactive ketones (excluding diaryl/α,β-unsaturated/α-hetero) is 1. The molecule has 98 valence electrons. The third-order valence-electron chi connectivity index (χ3n) is 2.67. The minimum absolute atomic E-state index is 0.0429. The van der Waals surface area contributed by atoms with E-state index in [2.05, 4.69) is 5.32 Å². The molecule has 1 aromatic carbocycles. The van der Waals surface area contributed by atoms with Gasteiger partial charge in [-0.25, -0.2) is 0 Å². The molecule has 0 spiro atoms. The van der Waals surface area contributed by atoms with Crippen molar-refractivity contribution in [3.8, 4) is 0 Å². The number of hydrogen-bond acceptors (Lipinski definition) is 4. The van der Waals surface area contributed by atoms with E-state index in [0.29, 0.717) is 11.3 Å². The summed E-state index contributed by atoms with van der Waals surface area (Å²) in [6, 6.07) is 9.78. The van der Waals surface area contributed by atoms with Crippen LogP contribution in [0.5, 0.6) is 0 Å². The first-order valence-electron chi connectivity index (χ1n) is 5.79. The van der Waals surface area contributed by atoms with Gasteiger partial charge in [0.15, 0.2) is 5.78 Å². The van der Waals surface area contributed by atoms with E-state index in [0.717, 1.165) is 4.88 Å². The van der Waals surface area contributed by atoms with E-state index in [1.807, 2.05) is 17.5 Å². The second kappa shape index (κ2) is 5.77. The molecule has 0 saturated carbocycles. The minimum atomic E-state index is -0.694. The van der Waals surface area contributed by atoms with E-state index in [9.17, 15) is 9.59 Å². The maximum absolute atomic E-state index is 12.0. The van der Waals surface area contributed by atoms with Gasteiger partial charge in [-0.3, -0.25) is 9.59 Å². The summed E-state index contributed by atoms with van der Waals surface area (Å²) in [5, 5.41) is 4.59. The molecule has 0 radical (unpaired) electrons. The number of nitrogens with one attached hydrogen (secondary N) is 1. The summed E-state index contributed by atoms with van der Waals surface area (Å²) in [4.78, 5) is 24.1. The van der Waals surface area contributed by atoms with Gasteiger partial charge in [0.25, 0.3) is 0 Å². The quantitative estimate of drug-likeness (QED) is 0.842. The van der Waals surface area contributed by atoms with E-state index in [1.165, 1.54) is 18.3 Å². The number of hydrogen-bond donors (Lipinski definition) is 2. The zero-order valence-corrected chi connectivity index (χ0v) is 11.2. The van der Waals surface area contributed by atoms with Crippen molar-refractivity contribution in [3.05, 3.63) is 52.2 Å². The first-order chi connectivity index (χ1) is 9.08. The molecule has 0 aliphatic heterocycles. The highest BCUT2D eigenvalue weighted by Crippen LogP contribution is 2.19. The molecule has 2 rings (SSSR count). The fourth-order valence-corrected chi connectivity index (χ4v) is 2.36. The van der Waals surface area contributed by atoms with E-state index in [1.54, 1.807) is 24.3 Å². The van der Waals surface area contributed by atoms with E-state index in [4.69, 9.17) is 5.73 Å². The van der Waals surface area contributed by atoms with Gasteiger partial charge in [0.1, 0.15) is 6.04 Å². The average molecular weight is 274 g/mol. The molecule has 1 atom stereocenters. The summed E-state index contributed by atoms with van der Waals surface area (Å²) >= 11 is 1.44. The van der Waals surface area contributed by atoms with Crippen molar-refractivity contribution < 1.29 is 9.59 Å². The number of amides is 1. The highest BCUT2D eigenvalue weighted by molar-refractivity contribution is 7.10. The Morgan fingerprint density at radius 1 is 1.26 bits per heavy atom. The lowest BCUT2D eigenvalue weighted by atomic mass is 10.1. The Bertz CT molecular complexity index is 593. The predicted octanol–water partition coefficient (Wildman–Crippen LogP) is 2.59. The largest absolute Gasteiger partial charge is 0.324 e. The van der Waals surface area contributed by atoms with Crippen LogP contribution in [0.25, 0.3) is 0 Å². The predicted molar refractivity (Wildman–Crippen MR) is 76.3 cm³/mol. The molecule has 4 nitrogen and oxygen atoms in total. The van der Waals surface area contributed by atoms with Crippen LogP contribution in [0.15, 0.2) is 41.8 Å². The van der Waals surface area contributed by atoms with Crippen molar-refractivity contribution in [1.82, 2.24) is 0 Å². The summed E-state index contributed by atoms with van der Waals surface area (Å²) in [5.41, 5.74) is 6.99. The van der Waals surface area contributed by atoms with Crippen molar-refractivity contribution in [3.63, 3.8) is 0 Å². The number of thiophene rings is 1. The van der Waals surface area contributed by atoms with Crippen LogP contribution in [0, 0.1) is 0 Å². The van der Waals surface area contributed by atoms with Gasteiger partial charge in [0.05, 0.1) is 0 Å². The van der Waals surface area contributed by atoms with Crippen molar-refractivity contribution in [1.29, 1.82) is 0 Å². The molecule has 0 fully saturated rings. The molecule has 3 N–H and O–H groups in total. The van der Waals surface area contributed by atoms with Crippen LogP contribution in [0.1, 0.15) is 28.2 Å². The Morgan fingerprint density at radius 2 is 2.05 bits per heavy atom. The van der Waals surface area contributed by atoms with Gasteiger partial charge in [-0.1, -0.05) is 18.2 Å². The number of carbonyl (C=O) groups is 2. The smallest absolute Gasteiger partial charge is 0.246 e. The highest BCUT2D eigenvalue weighted by atomic mass is 32.1. The molecule has 0 aliphatic rings. The molecule has 1 amide bonds. The molecular formula is C14H14N2O2S. The molecule has 1 aromatic heterocycles. The van der Waals surface area contributed by atoms with Gasteiger partial charge in [0, 0.05) is 16.1 Å². The number of anilines is 1. The van der Waals surface area contributed by atoms with Crippen molar-refractivity contribution in [2.45, 2.75) is 13.0 Å². The van der Waals surface area contributed by atoms with Crippen molar-refractivity contribution in [2.75, 3.05) is 5.32 Å². The van der Waals surface area contributed by atoms with E-state index in [-0.39, 0.29) is 11.7 Å². The van der Waals surface area contributed by atoms with Crippen LogP contribution in [-0.2, 0) is 4.79 Å². The molecule has 0 bridgehead atoms. The number of ketones is 1. The highest BCUT2D eigenvalue weighted by Gasteiger charge is 2.16. The van der Waals surface area contributed by atoms with E-state index < -0.39 is 6.04 Å². The van der Waals surface area contributed by atoms with Crippen LogP contribution in [0.2, 0.25) is 0 Å². The first-order valence-corrected chi connectivity index (χ1v) is 6.67. The lowest BCUT2D eigenvalue weighted by Crippen LogP contribution is -2.27. The van der Waals surface area contributed by atoms with Gasteiger partial charge in [-0.15, -0.1) is 11.3 Å². The van der Waals surface area contributed by atoms with Crippen LogP contribution in [0.4, 0.5) is 5.69 Å². The molecule has 0 aliphatic carbocycles. The van der Waals surface area contributed by atoms with Gasteiger partial charge < -0.3 is 11.1 Å². The van der Waals surface area contributed by atoms with Crippen molar-refractivity contribution >= 4 is 28.7 Å². The topological polar surface area (TPSA) is 72.2 Å². The normalized spacial score (nSPS) is 11.9. The van der Waals surface area contributed by atoms with Crippen LogP contribution in [0.3, 0.4) is 0 Å². The Labute approximate surface area is 115 Å². The molecule has 0 saturated heterocycles. The summed E-state index contributed by atoms with van der Waals surface area (Å²) < 4.78 is 0. The lowest BCUT2D eigenvalue weighted by molar-refractivity contribution is -0.117. The van der Waals surface area contributed by atoms with Crippen LogP contribution in [-0.4, -0.2) is 11.7 Å². The van der Waals surface area contributed by atoms with Crippen LogP contribution < -0.4 is 11.1 Å². The summed E-state index contributed by atoms with van der Waals surface area (Å²) in [6.45, 7) is 1.48. The zero-order valence-electron chi connectivity index (χ0n) is 10.4. The third-order valence-corrected chi connectivity index (χ3v) is 3.62. The molecule has 19 heavy (non-hydrogen) atoms. The fourth-order valence-electron chi connectivity index (χ4n) is 1.63. The van der Waals surface area contributed by atoms with Gasteiger partial charge in [-0.05, 0) is 30.5 Å². The lowest BCUT2D eigenvalue weighted by Gasteiger charge is -2.11. The van der Waals surface area contributed by atoms with E-state index >= 15 is 0 Å². The average Bonchev–Trinajstić information content (AvgIpc) is 2.92. The maximum atomic E-state index is 12.0. The number of nitrogens with two attached hydrogens (primary N) is 1. The standard InChI is InChI=1S/C14H14N2O2S/c1-9(17)10-4-2-5-11(8-10)16-14(18)13(15)12-6-3-7-19-12/h2-8,13H,15H2,1H3,(H,16,18). The molecule has 1 heterocycles. The maximum Gasteiger partial charge on any atom is 0.246 e. The Balaban J connectivity index is 2.11. The summed E-state index contributed by atoms with van der Waals surface area (Å²) in [6.07, 6.45) is 0. The number of benzene rings is 1. The SMILES string of the molecule is CC(=O)c1cccc(NC(=O)C(N)c2cccs2)c1. The molecule has 5 heteroatoms. The third kappa shape index (κ3) is 3.27. The Kier molecular flexibility index (Phi) is 4.09. The monoisotopic (exact) mass is 274 g/mol. The van der Waals surface area contributed by atoms with Crippen LogP contribution >= 0.6 is 11.3 Å². The minimum Gasteiger partial charge on any atom is -0.324 e. The first kappa shape index (κ1) is 13.5. The second-order valence-corrected chi connectivity index (χ2v) is 5.10. The second-order valence-electron chi connectivity index (χ2n) is 4.12. The number of carbonyl (C=O) groups excluding carboxylic acids is 2. The van der Waals surface area contributed by atoms with Gasteiger partial charge >= 0.3 is 0 Å². The zero-order chi connectivity index (χ0) is 13.8.